The molecule has 0 aliphatic carbocycles. The Labute approximate surface area is 89.9 Å². The van der Waals surface area contributed by atoms with Gasteiger partial charge >= 0.3 is 6.18 Å². The number of halogens is 3. The predicted molar refractivity (Wildman–Crippen MR) is 50.1 cm³/mol. The number of aliphatic hydroxyl groups excluding tert-OH is 1. The maximum absolute atomic E-state index is 12.3. The van der Waals surface area contributed by atoms with Gasteiger partial charge in [-0.05, 0) is 18.2 Å². The van der Waals surface area contributed by atoms with Crippen LogP contribution in [0.15, 0.2) is 18.2 Å². The van der Waals surface area contributed by atoms with Crippen molar-refractivity contribution in [2.45, 2.75) is 6.18 Å². The molecule has 1 aromatic carbocycles. The van der Waals surface area contributed by atoms with Gasteiger partial charge in [-0.2, -0.15) is 18.4 Å². The number of aliphatic hydroxyl groups is 1. The fourth-order valence-corrected chi connectivity index (χ4v) is 1.06. The first-order chi connectivity index (χ1) is 7.49. The fourth-order valence-electron chi connectivity index (χ4n) is 1.06. The van der Waals surface area contributed by atoms with Gasteiger partial charge in [-0.15, -0.1) is 0 Å². The molecule has 0 saturated heterocycles. The molecule has 0 aromatic heterocycles. The molecule has 82 valence electrons. The molecule has 1 rings (SSSR count). The van der Waals surface area contributed by atoms with E-state index in [0.717, 1.165) is 18.2 Å². The summed E-state index contributed by atoms with van der Waals surface area (Å²) in [6.07, 6.45) is -4.47. The van der Waals surface area contributed by atoms with E-state index in [1.165, 1.54) is 0 Å². The molecule has 0 heterocycles. The Kier molecular flexibility index (Phi) is 3.55. The molecule has 16 heavy (non-hydrogen) atoms. The molecule has 0 aliphatic heterocycles. The van der Waals surface area contributed by atoms with Crippen molar-refractivity contribution in [1.82, 2.24) is 0 Å². The number of nitriles is 1. The molecule has 0 amide bonds. The molecular formula is C11H6F3NO. The third-order valence-electron chi connectivity index (χ3n) is 1.77. The Morgan fingerprint density at radius 3 is 2.44 bits per heavy atom. The summed E-state index contributed by atoms with van der Waals surface area (Å²) in [5, 5.41) is 17.1. The zero-order chi connectivity index (χ0) is 12.2. The lowest BCUT2D eigenvalue weighted by Gasteiger charge is -2.07. The average Bonchev–Trinajstić information content (AvgIpc) is 2.24. The maximum atomic E-state index is 12.3. The smallest absolute Gasteiger partial charge is 0.384 e. The van der Waals surface area contributed by atoms with E-state index in [1.807, 2.05) is 0 Å². The first-order valence-corrected chi connectivity index (χ1v) is 4.20. The fraction of sp³-hybridized carbons (Fsp3) is 0.182. The molecule has 1 aromatic rings. The van der Waals surface area contributed by atoms with Gasteiger partial charge in [0.1, 0.15) is 12.7 Å². The number of benzene rings is 1. The molecule has 2 nitrogen and oxygen atoms in total. The third kappa shape index (κ3) is 2.75. The van der Waals surface area contributed by atoms with Gasteiger partial charge in [0, 0.05) is 5.56 Å². The summed E-state index contributed by atoms with van der Waals surface area (Å²) >= 11 is 0. The van der Waals surface area contributed by atoms with Crippen molar-refractivity contribution in [2.24, 2.45) is 0 Å². The van der Waals surface area contributed by atoms with Gasteiger partial charge in [-0.25, -0.2) is 0 Å². The molecule has 0 saturated carbocycles. The van der Waals surface area contributed by atoms with Crippen LogP contribution in [0.3, 0.4) is 0 Å². The highest BCUT2D eigenvalue weighted by Gasteiger charge is 2.30. The molecular weight excluding hydrogens is 219 g/mol. The monoisotopic (exact) mass is 225 g/mol. The first-order valence-electron chi connectivity index (χ1n) is 4.20. The van der Waals surface area contributed by atoms with Crippen LogP contribution in [-0.2, 0) is 6.18 Å². The van der Waals surface area contributed by atoms with Gasteiger partial charge in [0.2, 0.25) is 0 Å². The molecule has 0 aliphatic rings. The van der Waals surface area contributed by atoms with Gasteiger partial charge in [0.05, 0.1) is 11.1 Å². The standard InChI is InChI=1S/C11H6F3NO/c12-11(13,14)10-4-3-9(7-15)8(6-10)2-1-5-16/h3-4,6,16H,5H2. The van der Waals surface area contributed by atoms with E-state index < -0.39 is 18.3 Å². The Morgan fingerprint density at radius 2 is 1.94 bits per heavy atom. The zero-order valence-corrected chi connectivity index (χ0v) is 7.97. The quantitative estimate of drug-likeness (QED) is 0.685. The molecule has 0 unspecified atom stereocenters. The van der Waals surface area contributed by atoms with E-state index in [0.29, 0.717) is 0 Å². The largest absolute Gasteiger partial charge is 0.416 e. The summed E-state index contributed by atoms with van der Waals surface area (Å²) in [4.78, 5) is 0. The number of hydrogen-bond acceptors (Lipinski definition) is 2. The van der Waals surface area contributed by atoms with Crippen molar-refractivity contribution >= 4 is 0 Å². The Morgan fingerprint density at radius 1 is 1.25 bits per heavy atom. The van der Waals surface area contributed by atoms with Crippen LogP contribution < -0.4 is 0 Å². The van der Waals surface area contributed by atoms with E-state index in [1.54, 1.807) is 6.07 Å². The second kappa shape index (κ2) is 4.69. The molecule has 5 heteroatoms. The zero-order valence-electron chi connectivity index (χ0n) is 7.97. The predicted octanol–water partition coefficient (Wildman–Crippen LogP) is 1.92. The maximum Gasteiger partial charge on any atom is 0.416 e. The normalized spacial score (nSPS) is 10.2. The molecule has 0 atom stereocenters. The molecule has 0 fully saturated rings. The average molecular weight is 225 g/mol. The van der Waals surface area contributed by atoms with Crippen LogP contribution in [0.4, 0.5) is 13.2 Å². The highest BCUT2D eigenvalue weighted by atomic mass is 19.4. The van der Waals surface area contributed by atoms with Gasteiger partial charge < -0.3 is 5.11 Å². The second-order valence-electron chi connectivity index (χ2n) is 2.83. The highest BCUT2D eigenvalue weighted by molar-refractivity contribution is 5.50. The molecule has 1 N–H and O–H groups in total. The highest BCUT2D eigenvalue weighted by Crippen LogP contribution is 2.30. The van der Waals surface area contributed by atoms with E-state index in [9.17, 15) is 13.2 Å². The summed E-state index contributed by atoms with van der Waals surface area (Å²) in [5.74, 6) is 4.51. The van der Waals surface area contributed by atoms with Crippen molar-refractivity contribution in [2.75, 3.05) is 6.61 Å². The van der Waals surface area contributed by atoms with Crippen molar-refractivity contribution in [3.8, 4) is 17.9 Å². The van der Waals surface area contributed by atoms with Crippen LogP contribution in [0.5, 0.6) is 0 Å². The number of hydrogen-bond donors (Lipinski definition) is 1. The van der Waals surface area contributed by atoms with Crippen LogP contribution in [-0.4, -0.2) is 11.7 Å². The van der Waals surface area contributed by atoms with E-state index in [-0.39, 0.29) is 11.1 Å². The van der Waals surface area contributed by atoms with Gasteiger partial charge in [-0.3, -0.25) is 0 Å². The summed E-state index contributed by atoms with van der Waals surface area (Å²) in [6.45, 7) is -0.471. The van der Waals surface area contributed by atoms with Crippen molar-refractivity contribution in [3.05, 3.63) is 34.9 Å². The minimum Gasteiger partial charge on any atom is -0.384 e. The lowest BCUT2D eigenvalue weighted by molar-refractivity contribution is -0.137. The van der Waals surface area contributed by atoms with E-state index >= 15 is 0 Å². The van der Waals surface area contributed by atoms with Crippen LogP contribution in [0.2, 0.25) is 0 Å². The van der Waals surface area contributed by atoms with Crippen LogP contribution in [0.1, 0.15) is 16.7 Å². The Balaban J connectivity index is 3.28. The van der Waals surface area contributed by atoms with Gasteiger partial charge in [0.25, 0.3) is 0 Å². The summed E-state index contributed by atoms with van der Waals surface area (Å²) in [6, 6.07) is 4.41. The van der Waals surface area contributed by atoms with E-state index in [2.05, 4.69) is 11.8 Å². The summed E-state index contributed by atoms with van der Waals surface area (Å²) in [5.41, 5.74) is -0.853. The van der Waals surface area contributed by atoms with Crippen LogP contribution >= 0.6 is 0 Å². The molecule has 0 radical (unpaired) electrons. The number of alkyl halides is 3. The lowest BCUT2D eigenvalue weighted by Crippen LogP contribution is -2.05. The summed E-state index contributed by atoms with van der Waals surface area (Å²) in [7, 11) is 0. The molecule has 0 spiro atoms. The second-order valence-corrected chi connectivity index (χ2v) is 2.83. The van der Waals surface area contributed by atoms with Crippen molar-refractivity contribution in [3.63, 3.8) is 0 Å². The minimum atomic E-state index is -4.47. The number of rotatable bonds is 0. The van der Waals surface area contributed by atoms with Crippen molar-refractivity contribution < 1.29 is 18.3 Å². The van der Waals surface area contributed by atoms with Gasteiger partial charge in [-0.1, -0.05) is 11.8 Å². The summed E-state index contributed by atoms with van der Waals surface area (Å²) < 4.78 is 37.0. The molecule has 0 bridgehead atoms. The van der Waals surface area contributed by atoms with Crippen LogP contribution in [0.25, 0.3) is 0 Å². The minimum absolute atomic E-state index is 0.0358. The van der Waals surface area contributed by atoms with E-state index in [4.69, 9.17) is 10.4 Å². The SMILES string of the molecule is N#Cc1ccc(C(F)(F)F)cc1C#CCO. The first kappa shape index (κ1) is 12.1. The third-order valence-corrected chi connectivity index (χ3v) is 1.77. The topological polar surface area (TPSA) is 44.0 Å². The Bertz CT molecular complexity index is 489. The van der Waals surface area contributed by atoms with Crippen LogP contribution in [0, 0.1) is 23.2 Å². The lowest BCUT2D eigenvalue weighted by atomic mass is 10.0. The van der Waals surface area contributed by atoms with Gasteiger partial charge in [0.15, 0.2) is 0 Å². The Hall–Kier alpha value is -1.98. The number of nitrogens with zero attached hydrogens (tertiary/aromatic N) is 1. The van der Waals surface area contributed by atoms with Crippen molar-refractivity contribution in [1.29, 1.82) is 5.26 Å².